The summed E-state index contributed by atoms with van der Waals surface area (Å²) in [5, 5.41) is 11.4. The third kappa shape index (κ3) is 6.20. The van der Waals surface area contributed by atoms with Crippen LogP contribution in [0.15, 0.2) is 18.2 Å². The number of carboxylic acid groups (broad SMARTS) is 1. The lowest BCUT2D eigenvalue weighted by atomic mass is 10.1. The molecular formula is C14H19NO3S. The smallest absolute Gasteiger partial charge is 0.328 e. The Morgan fingerprint density at radius 2 is 2.21 bits per heavy atom. The van der Waals surface area contributed by atoms with E-state index in [1.807, 2.05) is 12.1 Å². The van der Waals surface area contributed by atoms with Gasteiger partial charge in [-0.3, -0.25) is 4.79 Å². The lowest BCUT2D eigenvalue weighted by molar-refractivity contribution is -0.131. The van der Waals surface area contributed by atoms with Crippen LogP contribution in [-0.4, -0.2) is 17.0 Å². The van der Waals surface area contributed by atoms with Gasteiger partial charge < -0.3 is 10.4 Å². The first-order valence-corrected chi connectivity index (χ1v) is 7.09. The number of aliphatic carboxylic acids is 1. The molecule has 5 heteroatoms. The predicted molar refractivity (Wildman–Crippen MR) is 76.9 cm³/mol. The van der Waals surface area contributed by atoms with Gasteiger partial charge in [-0.15, -0.1) is 11.3 Å². The lowest BCUT2D eigenvalue weighted by Crippen LogP contribution is -2.23. The summed E-state index contributed by atoms with van der Waals surface area (Å²) in [6, 6.07) is 3.75. The van der Waals surface area contributed by atoms with Crippen LogP contribution in [0.2, 0.25) is 0 Å². The number of carbonyl (C=O) groups excluding carboxylic acids is 1. The van der Waals surface area contributed by atoms with Crippen LogP contribution in [0.5, 0.6) is 0 Å². The molecule has 0 radical (unpaired) electrons. The lowest BCUT2D eigenvalue weighted by Gasteiger charge is -2.08. The number of thiophene rings is 1. The largest absolute Gasteiger partial charge is 0.478 e. The topological polar surface area (TPSA) is 66.4 Å². The molecule has 0 aromatic carbocycles. The Bertz CT molecular complexity index is 465. The molecule has 104 valence electrons. The zero-order valence-electron chi connectivity index (χ0n) is 11.2. The van der Waals surface area contributed by atoms with Gasteiger partial charge in [-0.25, -0.2) is 4.79 Å². The molecule has 1 aromatic heterocycles. The normalized spacial score (nSPS) is 12.5. The highest BCUT2D eigenvalue weighted by molar-refractivity contribution is 7.12. The van der Waals surface area contributed by atoms with Gasteiger partial charge in [-0.1, -0.05) is 20.3 Å². The first kappa shape index (κ1) is 15.4. The second-order valence-corrected chi connectivity index (χ2v) is 5.67. The van der Waals surface area contributed by atoms with Crippen molar-refractivity contribution in [1.29, 1.82) is 0 Å². The average molecular weight is 281 g/mol. The fourth-order valence-electron chi connectivity index (χ4n) is 1.45. The Kier molecular flexibility index (Phi) is 6.29. The summed E-state index contributed by atoms with van der Waals surface area (Å²) >= 11 is 1.48. The van der Waals surface area contributed by atoms with Gasteiger partial charge in [0, 0.05) is 22.3 Å². The van der Waals surface area contributed by atoms with E-state index < -0.39 is 5.97 Å². The van der Waals surface area contributed by atoms with Crippen LogP contribution >= 0.6 is 11.3 Å². The van der Waals surface area contributed by atoms with Crippen LogP contribution in [0.3, 0.4) is 0 Å². The van der Waals surface area contributed by atoms with Crippen molar-refractivity contribution < 1.29 is 14.7 Å². The van der Waals surface area contributed by atoms with Gasteiger partial charge in [-0.2, -0.15) is 0 Å². The van der Waals surface area contributed by atoms with Crippen molar-refractivity contribution in [1.82, 2.24) is 5.32 Å². The van der Waals surface area contributed by atoms with Gasteiger partial charge in [0.1, 0.15) is 0 Å². The zero-order valence-corrected chi connectivity index (χ0v) is 12.0. The number of carbonyl (C=O) groups is 2. The Labute approximate surface area is 117 Å². The van der Waals surface area contributed by atoms with Gasteiger partial charge in [0.15, 0.2) is 0 Å². The summed E-state index contributed by atoms with van der Waals surface area (Å²) in [7, 11) is 0. The summed E-state index contributed by atoms with van der Waals surface area (Å²) in [5.41, 5.74) is 0. The first-order chi connectivity index (χ1) is 9.01. The molecule has 0 spiro atoms. The minimum atomic E-state index is -0.961. The van der Waals surface area contributed by atoms with Gasteiger partial charge in [-0.05, 0) is 24.1 Å². The number of hydrogen-bond donors (Lipinski definition) is 2. The maximum absolute atomic E-state index is 11.6. The first-order valence-electron chi connectivity index (χ1n) is 6.27. The van der Waals surface area contributed by atoms with E-state index >= 15 is 0 Å². The van der Waals surface area contributed by atoms with Gasteiger partial charge in [0.2, 0.25) is 5.91 Å². The Morgan fingerprint density at radius 1 is 1.47 bits per heavy atom. The highest BCUT2D eigenvalue weighted by Crippen LogP contribution is 2.18. The molecule has 1 heterocycles. The molecule has 19 heavy (non-hydrogen) atoms. The SMILES string of the molecule is CCC(C)CC(=O)NCc1ccc(/C=C/C(=O)O)s1. The molecule has 2 N–H and O–H groups in total. The van der Waals surface area contributed by atoms with E-state index in [2.05, 4.69) is 19.2 Å². The molecule has 0 bridgehead atoms. The van der Waals surface area contributed by atoms with E-state index in [0.717, 1.165) is 22.3 Å². The van der Waals surface area contributed by atoms with Crippen molar-refractivity contribution in [2.75, 3.05) is 0 Å². The molecule has 0 fully saturated rings. The molecule has 0 saturated heterocycles. The van der Waals surface area contributed by atoms with Crippen molar-refractivity contribution in [2.24, 2.45) is 5.92 Å². The minimum Gasteiger partial charge on any atom is -0.478 e. The predicted octanol–water partition coefficient (Wildman–Crippen LogP) is 2.90. The fraction of sp³-hybridized carbons (Fsp3) is 0.429. The van der Waals surface area contributed by atoms with Gasteiger partial charge in [0.05, 0.1) is 6.54 Å². The van der Waals surface area contributed by atoms with E-state index in [1.165, 1.54) is 11.3 Å². The molecular weight excluding hydrogens is 262 g/mol. The van der Waals surface area contributed by atoms with E-state index in [1.54, 1.807) is 6.08 Å². The standard InChI is InChI=1S/C14H19NO3S/c1-3-10(2)8-13(16)15-9-12-5-4-11(19-12)6-7-14(17)18/h4-7,10H,3,8-9H2,1-2H3,(H,15,16)(H,17,18)/b7-6+. The maximum Gasteiger partial charge on any atom is 0.328 e. The Morgan fingerprint density at radius 3 is 2.84 bits per heavy atom. The second kappa shape index (κ2) is 7.74. The van der Waals surface area contributed by atoms with E-state index in [0.29, 0.717) is 18.9 Å². The number of carboxylic acids is 1. The average Bonchev–Trinajstić information content (AvgIpc) is 2.81. The molecule has 1 aromatic rings. The van der Waals surface area contributed by atoms with Crippen molar-refractivity contribution in [3.05, 3.63) is 28.0 Å². The highest BCUT2D eigenvalue weighted by atomic mass is 32.1. The Hall–Kier alpha value is -1.62. The minimum absolute atomic E-state index is 0.0605. The third-order valence-corrected chi connectivity index (χ3v) is 3.81. The van der Waals surface area contributed by atoms with Crippen LogP contribution in [0.1, 0.15) is 36.4 Å². The van der Waals surface area contributed by atoms with Crippen molar-refractivity contribution in [3.63, 3.8) is 0 Å². The Balaban J connectivity index is 2.42. The number of hydrogen-bond acceptors (Lipinski definition) is 3. The quantitative estimate of drug-likeness (QED) is 0.755. The molecule has 1 atom stereocenters. The molecule has 0 aliphatic carbocycles. The molecule has 4 nitrogen and oxygen atoms in total. The third-order valence-electron chi connectivity index (χ3n) is 2.76. The van der Waals surface area contributed by atoms with E-state index in [9.17, 15) is 9.59 Å². The van der Waals surface area contributed by atoms with Crippen molar-refractivity contribution in [3.8, 4) is 0 Å². The van der Waals surface area contributed by atoms with E-state index in [-0.39, 0.29) is 5.91 Å². The van der Waals surface area contributed by atoms with Crippen LogP contribution in [0, 0.1) is 5.92 Å². The number of amides is 1. The van der Waals surface area contributed by atoms with Crippen LogP contribution in [0.4, 0.5) is 0 Å². The number of rotatable bonds is 7. The molecule has 1 rings (SSSR count). The van der Waals surface area contributed by atoms with Gasteiger partial charge >= 0.3 is 5.97 Å². The zero-order chi connectivity index (χ0) is 14.3. The highest BCUT2D eigenvalue weighted by Gasteiger charge is 2.07. The number of nitrogens with one attached hydrogen (secondary N) is 1. The van der Waals surface area contributed by atoms with Crippen molar-refractivity contribution >= 4 is 29.3 Å². The summed E-state index contributed by atoms with van der Waals surface area (Å²) in [6.45, 7) is 4.62. The molecule has 0 saturated carbocycles. The monoisotopic (exact) mass is 281 g/mol. The van der Waals surface area contributed by atoms with Crippen LogP contribution in [-0.2, 0) is 16.1 Å². The van der Waals surface area contributed by atoms with Crippen LogP contribution < -0.4 is 5.32 Å². The maximum atomic E-state index is 11.6. The van der Waals surface area contributed by atoms with E-state index in [4.69, 9.17) is 5.11 Å². The van der Waals surface area contributed by atoms with Crippen molar-refractivity contribution in [2.45, 2.75) is 33.2 Å². The molecule has 0 aliphatic rings. The van der Waals surface area contributed by atoms with Crippen LogP contribution in [0.25, 0.3) is 6.08 Å². The summed E-state index contributed by atoms with van der Waals surface area (Å²) in [6.07, 6.45) is 4.21. The second-order valence-electron chi connectivity index (χ2n) is 4.47. The molecule has 0 aliphatic heterocycles. The van der Waals surface area contributed by atoms with Gasteiger partial charge in [0.25, 0.3) is 0 Å². The summed E-state index contributed by atoms with van der Waals surface area (Å²) in [4.78, 5) is 23.9. The summed E-state index contributed by atoms with van der Waals surface area (Å²) < 4.78 is 0. The fourth-order valence-corrected chi connectivity index (χ4v) is 2.31. The summed E-state index contributed by atoms with van der Waals surface area (Å²) in [5.74, 6) is -0.500. The molecule has 1 unspecified atom stereocenters. The molecule has 1 amide bonds.